The van der Waals surface area contributed by atoms with Gasteiger partial charge in [0.15, 0.2) is 5.96 Å². The maximum absolute atomic E-state index is 12.5. The maximum atomic E-state index is 12.5. The fourth-order valence-electron chi connectivity index (χ4n) is 3.87. The van der Waals surface area contributed by atoms with E-state index in [0.29, 0.717) is 32.0 Å². The number of nitrogens with one attached hydrogen (secondary N) is 2. The molecule has 0 aromatic carbocycles. The first-order chi connectivity index (χ1) is 12.4. The smallest absolute Gasteiger partial charge is 0.373 e. The highest BCUT2D eigenvalue weighted by atomic mass is 19.4. The quantitative estimate of drug-likeness (QED) is 0.528. The molecular weight excluding hydrogens is 345 g/mol. The summed E-state index contributed by atoms with van der Waals surface area (Å²) >= 11 is 0. The van der Waals surface area contributed by atoms with Crippen molar-refractivity contribution in [1.82, 2.24) is 15.5 Å². The Labute approximate surface area is 154 Å². The van der Waals surface area contributed by atoms with E-state index in [9.17, 15) is 13.2 Å². The van der Waals surface area contributed by atoms with Crippen molar-refractivity contribution in [3.63, 3.8) is 0 Å². The van der Waals surface area contributed by atoms with Crippen LogP contribution in [0.15, 0.2) is 4.99 Å². The summed E-state index contributed by atoms with van der Waals surface area (Å²) in [7, 11) is 1.69. The summed E-state index contributed by atoms with van der Waals surface area (Å²) in [6.45, 7) is 3.55. The molecule has 1 atom stereocenters. The minimum atomic E-state index is -4.14. The van der Waals surface area contributed by atoms with Crippen molar-refractivity contribution in [2.24, 2.45) is 4.99 Å². The Balaban J connectivity index is 1.81. The van der Waals surface area contributed by atoms with Gasteiger partial charge in [0.1, 0.15) is 0 Å². The van der Waals surface area contributed by atoms with Crippen molar-refractivity contribution in [2.45, 2.75) is 69.7 Å². The first-order valence-electron chi connectivity index (χ1n) is 9.76. The molecule has 1 saturated carbocycles. The fourth-order valence-corrected chi connectivity index (χ4v) is 3.87. The van der Waals surface area contributed by atoms with Gasteiger partial charge in [0.2, 0.25) is 0 Å². The molecule has 0 spiro atoms. The molecule has 1 heterocycles. The van der Waals surface area contributed by atoms with Gasteiger partial charge < -0.3 is 15.4 Å². The molecule has 0 amide bonds. The van der Waals surface area contributed by atoms with Crippen molar-refractivity contribution < 1.29 is 17.9 Å². The molecule has 1 unspecified atom stereocenters. The Morgan fingerprint density at radius 1 is 1.27 bits per heavy atom. The highest BCUT2D eigenvalue weighted by molar-refractivity contribution is 5.80. The van der Waals surface area contributed by atoms with Gasteiger partial charge in [0.25, 0.3) is 0 Å². The number of guanidine groups is 1. The van der Waals surface area contributed by atoms with Gasteiger partial charge in [-0.1, -0.05) is 26.2 Å². The zero-order valence-electron chi connectivity index (χ0n) is 16.0. The molecule has 1 aliphatic carbocycles. The number of aliphatic imine (C=N–C) groups is 1. The first-order valence-corrected chi connectivity index (χ1v) is 9.76. The highest BCUT2D eigenvalue weighted by Gasteiger charge is 2.35. The second-order valence-corrected chi connectivity index (χ2v) is 7.50. The molecule has 1 saturated heterocycles. The van der Waals surface area contributed by atoms with Crippen LogP contribution in [0.5, 0.6) is 0 Å². The third-order valence-electron chi connectivity index (χ3n) is 5.19. The molecule has 5 nitrogen and oxygen atoms in total. The van der Waals surface area contributed by atoms with Crippen LogP contribution in [0, 0.1) is 0 Å². The number of nitrogens with zero attached hydrogens (tertiary/aromatic N) is 2. The van der Waals surface area contributed by atoms with Crippen LogP contribution < -0.4 is 10.6 Å². The normalized spacial score (nSPS) is 24.7. The topological polar surface area (TPSA) is 48.9 Å². The first kappa shape index (κ1) is 21.3. The van der Waals surface area contributed by atoms with Gasteiger partial charge in [0, 0.05) is 39.3 Å². The average molecular weight is 378 g/mol. The predicted molar refractivity (Wildman–Crippen MR) is 97.5 cm³/mol. The van der Waals surface area contributed by atoms with Gasteiger partial charge in [-0.3, -0.25) is 9.89 Å². The number of halogens is 3. The molecule has 0 radical (unpaired) electrons. The van der Waals surface area contributed by atoms with Crippen LogP contribution in [0.4, 0.5) is 13.2 Å². The lowest BCUT2D eigenvalue weighted by Gasteiger charge is -2.38. The van der Waals surface area contributed by atoms with E-state index in [0.717, 1.165) is 25.9 Å². The van der Waals surface area contributed by atoms with Crippen molar-refractivity contribution in [2.75, 3.05) is 39.8 Å². The van der Waals surface area contributed by atoms with Gasteiger partial charge in [-0.25, -0.2) is 0 Å². The lowest BCUT2D eigenvalue weighted by molar-refractivity contribution is -0.143. The van der Waals surface area contributed by atoms with E-state index in [4.69, 9.17) is 4.74 Å². The van der Waals surface area contributed by atoms with E-state index in [1.807, 2.05) is 0 Å². The van der Waals surface area contributed by atoms with Crippen molar-refractivity contribution in [3.05, 3.63) is 0 Å². The molecule has 0 bridgehead atoms. The zero-order chi connectivity index (χ0) is 19.0. The highest BCUT2D eigenvalue weighted by Crippen LogP contribution is 2.31. The zero-order valence-corrected chi connectivity index (χ0v) is 16.0. The summed E-state index contributed by atoms with van der Waals surface area (Å²) in [6.07, 6.45) is 3.22. The molecule has 2 rings (SSSR count). The largest absolute Gasteiger partial charge is 0.401 e. The number of alkyl halides is 3. The third kappa shape index (κ3) is 6.95. The Morgan fingerprint density at radius 3 is 2.62 bits per heavy atom. The van der Waals surface area contributed by atoms with Crippen LogP contribution in [0.2, 0.25) is 0 Å². The van der Waals surface area contributed by atoms with E-state index >= 15 is 0 Å². The van der Waals surface area contributed by atoms with Crippen LogP contribution in [-0.2, 0) is 4.74 Å². The lowest BCUT2D eigenvalue weighted by Crippen LogP contribution is -2.52. The predicted octanol–water partition coefficient (Wildman–Crippen LogP) is 2.92. The minimum Gasteiger partial charge on any atom is -0.373 e. The standard InChI is InChI=1S/C18H33F3N4O/c1-3-11-26-17(8-5-4-6-9-17)13-23-16(22-2)24-15-7-10-25(12-15)14-18(19,20)21/h15H,3-14H2,1-2H3,(H2,22,23,24). The summed E-state index contributed by atoms with van der Waals surface area (Å²) in [6, 6.07) is -0.0117. The SMILES string of the molecule is CCCOC1(CNC(=NC)NC2CCN(CC(F)(F)F)C2)CCCCC1. The summed E-state index contributed by atoms with van der Waals surface area (Å²) in [4.78, 5) is 5.69. The molecule has 2 aliphatic rings. The van der Waals surface area contributed by atoms with Gasteiger partial charge >= 0.3 is 6.18 Å². The Hall–Kier alpha value is -1.02. The second-order valence-electron chi connectivity index (χ2n) is 7.50. The van der Waals surface area contributed by atoms with Crippen LogP contribution in [-0.4, -0.2) is 68.5 Å². The molecule has 8 heteroatoms. The van der Waals surface area contributed by atoms with Crippen molar-refractivity contribution >= 4 is 5.96 Å². The van der Waals surface area contributed by atoms with Gasteiger partial charge in [-0.15, -0.1) is 0 Å². The van der Waals surface area contributed by atoms with Gasteiger partial charge in [-0.2, -0.15) is 13.2 Å². The third-order valence-corrected chi connectivity index (χ3v) is 5.19. The lowest BCUT2D eigenvalue weighted by atomic mass is 9.84. The molecule has 0 aromatic heterocycles. The van der Waals surface area contributed by atoms with E-state index < -0.39 is 12.7 Å². The number of likely N-dealkylation sites (tertiary alicyclic amines) is 1. The number of rotatable bonds is 7. The molecule has 2 N–H and O–H groups in total. The summed E-state index contributed by atoms with van der Waals surface area (Å²) in [5.41, 5.74) is -0.149. The summed E-state index contributed by atoms with van der Waals surface area (Å²) < 4.78 is 43.7. The average Bonchev–Trinajstić information content (AvgIpc) is 3.02. The fraction of sp³-hybridized carbons (Fsp3) is 0.944. The molecule has 1 aliphatic heterocycles. The van der Waals surface area contributed by atoms with Gasteiger partial charge in [-0.05, 0) is 25.7 Å². The monoisotopic (exact) mass is 378 g/mol. The van der Waals surface area contributed by atoms with Crippen LogP contribution >= 0.6 is 0 Å². The second kappa shape index (κ2) is 9.78. The summed E-state index contributed by atoms with van der Waals surface area (Å²) in [5.74, 6) is 0.647. The van der Waals surface area contributed by atoms with Crippen LogP contribution in [0.25, 0.3) is 0 Å². The van der Waals surface area contributed by atoms with E-state index in [1.54, 1.807) is 7.05 Å². The Bertz CT molecular complexity index is 450. The molecule has 152 valence electrons. The van der Waals surface area contributed by atoms with Crippen LogP contribution in [0.3, 0.4) is 0 Å². The Kier molecular flexibility index (Phi) is 8.01. The summed E-state index contributed by atoms with van der Waals surface area (Å²) in [5, 5.41) is 6.62. The van der Waals surface area contributed by atoms with Crippen molar-refractivity contribution in [1.29, 1.82) is 0 Å². The van der Waals surface area contributed by atoms with E-state index in [2.05, 4.69) is 22.5 Å². The van der Waals surface area contributed by atoms with Gasteiger partial charge in [0.05, 0.1) is 12.1 Å². The Morgan fingerprint density at radius 2 is 2.00 bits per heavy atom. The van der Waals surface area contributed by atoms with Crippen LogP contribution in [0.1, 0.15) is 51.9 Å². The number of hydrogen-bond donors (Lipinski definition) is 2. The number of hydrogen-bond acceptors (Lipinski definition) is 3. The van der Waals surface area contributed by atoms with Crippen molar-refractivity contribution in [3.8, 4) is 0 Å². The molecule has 0 aromatic rings. The molecular formula is C18H33F3N4O. The maximum Gasteiger partial charge on any atom is 0.401 e. The molecule has 2 fully saturated rings. The van der Waals surface area contributed by atoms with E-state index in [-0.39, 0.29) is 11.6 Å². The number of ether oxygens (including phenoxy) is 1. The minimum absolute atomic E-state index is 0.0117. The van der Waals surface area contributed by atoms with E-state index in [1.165, 1.54) is 24.2 Å². The molecule has 26 heavy (non-hydrogen) atoms.